The van der Waals surface area contributed by atoms with Crippen LogP contribution in [0.4, 0.5) is 0 Å². The monoisotopic (exact) mass is 256 g/mol. The molecule has 0 bridgehead atoms. The number of hydrogen-bond acceptors (Lipinski definition) is 1. The van der Waals surface area contributed by atoms with Gasteiger partial charge in [-0.05, 0) is 35.2 Å². The van der Waals surface area contributed by atoms with Gasteiger partial charge in [-0.2, -0.15) is 0 Å². The predicted octanol–water partition coefficient (Wildman–Crippen LogP) is 4.16. The van der Waals surface area contributed by atoms with Crippen LogP contribution in [0.2, 0.25) is 5.02 Å². The van der Waals surface area contributed by atoms with Crippen LogP contribution >= 0.6 is 11.6 Å². The Morgan fingerprint density at radius 1 is 1.06 bits per heavy atom. The standard InChI is InChI=1S/C16H13ClO/c17-13-6-7-14-15(11-4-2-1-3-5-11)8-12(10-18)16(14)9-13/h1-7,9-10,12,15H,8H2/t12?,15-/m0/s1. The van der Waals surface area contributed by atoms with Crippen molar-refractivity contribution in [3.8, 4) is 0 Å². The lowest BCUT2D eigenvalue weighted by Gasteiger charge is -2.11. The van der Waals surface area contributed by atoms with Crippen LogP contribution in [0.5, 0.6) is 0 Å². The molecule has 2 aromatic rings. The van der Waals surface area contributed by atoms with Crippen molar-refractivity contribution in [2.24, 2.45) is 0 Å². The van der Waals surface area contributed by atoms with E-state index in [2.05, 4.69) is 18.2 Å². The molecule has 1 nitrogen and oxygen atoms in total. The Morgan fingerprint density at radius 3 is 2.56 bits per heavy atom. The molecule has 3 rings (SSSR count). The van der Waals surface area contributed by atoms with E-state index in [1.807, 2.05) is 30.3 Å². The largest absolute Gasteiger partial charge is 0.303 e. The summed E-state index contributed by atoms with van der Waals surface area (Å²) in [5.41, 5.74) is 3.60. The third-order valence-corrected chi connectivity index (χ3v) is 3.91. The summed E-state index contributed by atoms with van der Waals surface area (Å²) in [6.07, 6.45) is 1.89. The van der Waals surface area contributed by atoms with Gasteiger partial charge in [0.1, 0.15) is 6.29 Å². The highest BCUT2D eigenvalue weighted by atomic mass is 35.5. The van der Waals surface area contributed by atoms with E-state index >= 15 is 0 Å². The normalized spacial score (nSPS) is 21.6. The zero-order valence-electron chi connectivity index (χ0n) is 9.84. The summed E-state index contributed by atoms with van der Waals surface area (Å²) in [7, 11) is 0. The maximum absolute atomic E-state index is 11.2. The lowest BCUT2D eigenvalue weighted by Crippen LogP contribution is -1.96. The first kappa shape index (κ1) is 11.5. The lowest BCUT2D eigenvalue weighted by molar-refractivity contribution is -0.109. The topological polar surface area (TPSA) is 17.1 Å². The van der Waals surface area contributed by atoms with Gasteiger partial charge in [-0.25, -0.2) is 0 Å². The van der Waals surface area contributed by atoms with Crippen LogP contribution in [0.3, 0.4) is 0 Å². The van der Waals surface area contributed by atoms with Crippen LogP contribution in [-0.4, -0.2) is 6.29 Å². The summed E-state index contributed by atoms with van der Waals surface area (Å²) in [5, 5.41) is 0.703. The summed E-state index contributed by atoms with van der Waals surface area (Å²) in [6.45, 7) is 0. The van der Waals surface area contributed by atoms with Crippen molar-refractivity contribution < 1.29 is 4.79 Å². The fourth-order valence-electron chi connectivity index (χ4n) is 2.82. The number of carbonyl (C=O) groups excluding carboxylic acids is 1. The highest BCUT2D eigenvalue weighted by molar-refractivity contribution is 6.30. The van der Waals surface area contributed by atoms with Gasteiger partial charge in [0, 0.05) is 16.9 Å². The van der Waals surface area contributed by atoms with Crippen molar-refractivity contribution >= 4 is 17.9 Å². The Kier molecular flexibility index (Phi) is 2.92. The lowest BCUT2D eigenvalue weighted by atomic mass is 9.93. The number of fused-ring (bicyclic) bond motifs is 1. The molecule has 0 aromatic heterocycles. The summed E-state index contributed by atoms with van der Waals surface area (Å²) in [6, 6.07) is 16.2. The summed E-state index contributed by atoms with van der Waals surface area (Å²) in [5.74, 6) is 0.289. The van der Waals surface area contributed by atoms with Gasteiger partial charge >= 0.3 is 0 Å². The van der Waals surface area contributed by atoms with Gasteiger partial charge in [-0.15, -0.1) is 0 Å². The number of aldehydes is 1. The molecule has 0 radical (unpaired) electrons. The first-order valence-electron chi connectivity index (χ1n) is 6.09. The van der Waals surface area contributed by atoms with Crippen molar-refractivity contribution in [2.75, 3.05) is 0 Å². The molecule has 2 atom stereocenters. The highest BCUT2D eigenvalue weighted by Gasteiger charge is 2.31. The Hall–Kier alpha value is -1.60. The molecule has 0 fully saturated rings. The van der Waals surface area contributed by atoms with E-state index in [1.165, 1.54) is 11.1 Å². The second-order valence-electron chi connectivity index (χ2n) is 4.71. The number of halogens is 1. The van der Waals surface area contributed by atoms with Gasteiger partial charge in [-0.1, -0.05) is 48.0 Å². The zero-order chi connectivity index (χ0) is 12.5. The molecule has 0 aliphatic heterocycles. The molecule has 0 spiro atoms. The van der Waals surface area contributed by atoms with Gasteiger partial charge in [0.2, 0.25) is 0 Å². The maximum atomic E-state index is 11.2. The van der Waals surface area contributed by atoms with E-state index in [0.29, 0.717) is 10.9 Å². The number of carbonyl (C=O) groups is 1. The van der Waals surface area contributed by atoms with Crippen molar-refractivity contribution in [2.45, 2.75) is 18.3 Å². The molecule has 0 N–H and O–H groups in total. The fraction of sp³-hybridized carbons (Fsp3) is 0.188. The third-order valence-electron chi connectivity index (χ3n) is 3.68. The fourth-order valence-corrected chi connectivity index (χ4v) is 3.00. The van der Waals surface area contributed by atoms with Gasteiger partial charge in [-0.3, -0.25) is 0 Å². The summed E-state index contributed by atoms with van der Waals surface area (Å²) < 4.78 is 0. The molecule has 0 amide bonds. The van der Waals surface area contributed by atoms with Crippen LogP contribution in [0, 0.1) is 0 Å². The zero-order valence-corrected chi connectivity index (χ0v) is 10.6. The highest BCUT2D eigenvalue weighted by Crippen LogP contribution is 2.45. The summed E-state index contributed by atoms with van der Waals surface area (Å²) in [4.78, 5) is 11.2. The van der Waals surface area contributed by atoms with E-state index in [1.54, 1.807) is 0 Å². The van der Waals surface area contributed by atoms with Crippen LogP contribution < -0.4 is 0 Å². The minimum atomic E-state index is -0.0242. The Morgan fingerprint density at radius 2 is 1.83 bits per heavy atom. The molecule has 0 heterocycles. The van der Waals surface area contributed by atoms with Crippen molar-refractivity contribution in [1.82, 2.24) is 0 Å². The van der Waals surface area contributed by atoms with E-state index in [4.69, 9.17) is 11.6 Å². The van der Waals surface area contributed by atoms with E-state index < -0.39 is 0 Å². The minimum Gasteiger partial charge on any atom is -0.303 e. The van der Waals surface area contributed by atoms with Crippen molar-refractivity contribution in [3.05, 3.63) is 70.2 Å². The third kappa shape index (κ3) is 1.85. The number of rotatable bonds is 2. The second-order valence-corrected chi connectivity index (χ2v) is 5.15. The SMILES string of the molecule is O=CC1C[C@@H](c2ccccc2)c2ccc(Cl)cc21. The minimum absolute atomic E-state index is 0.0242. The van der Waals surface area contributed by atoms with Crippen LogP contribution in [-0.2, 0) is 4.79 Å². The van der Waals surface area contributed by atoms with Crippen molar-refractivity contribution in [3.63, 3.8) is 0 Å². The molecule has 2 aromatic carbocycles. The Labute approximate surface area is 111 Å². The maximum Gasteiger partial charge on any atom is 0.127 e. The predicted molar refractivity (Wildman–Crippen MR) is 73.2 cm³/mol. The molecule has 2 heteroatoms. The molecule has 18 heavy (non-hydrogen) atoms. The molecule has 90 valence electrons. The van der Waals surface area contributed by atoms with Gasteiger partial charge < -0.3 is 4.79 Å². The molecule has 0 saturated carbocycles. The van der Waals surface area contributed by atoms with Crippen LogP contribution in [0.1, 0.15) is 34.9 Å². The number of benzene rings is 2. The van der Waals surface area contributed by atoms with Crippen molar-refractivity contribution in [1.29, 1.82) is 0 Å². The molecule has 1 unspecified atom stereocenters. The Bertz CT molecular complexity index is 577. The average molecular weight is 257 g/mol. The first-order chi connectivity index (χ1) is 8.79. The van der Waals surface area contributed by atoms with E-state index in [-0.39, 0.29) is 5.92 Å². The second kappa shape index (κ2) is 4.58. The van der Waals surface area contributed by atoms with Crippen LogP contribution in [0.25, 0.3) is 0 Å². The van der Waals surface area contributed by atoms with Gasteiger partial charge in [0.25, 0.3) is 0 Å². The quantitative estimate of drug-likeness (QED) is 0.738. The molecule has 0 saturated heterocycles. The average Bonchev–Trinajstić information content (AvgIpc) is 2.77. The molecule has 1 aliphatic carbocycles. The van der Waals surface area contributed by atoms with E-state index in [9.17, 15) is 4.79 Å². The summed E-state index contributed by atoms with van der Waals surface area (Å²) >= 11 is 6.02. The molecular weight excluding hydrogens is 244 g/mol. The first-order valence-corrected chi connectivity index (χ1v) is 6.47. The van der Waals surface area contributed by atoms with Crippen LogP contribution in [0.15, 0.2) is 48.5 Å². The van der Waals surface area contributed by atoms with Gasteiger partial charge in [0.15, 0.2) is 0 Å². The van der Waals surface area contributed by atoms with E-state index in [0.717, 1.165) is 18.3 Å². The molecule has 1 aliphatic rings. The number of hydrogen-bond donors (Lipinski definition) is 0. The molecular formula is C16H13ClO. The van der Waals surface area contributed by atoms with Gasteiger partial charge in [0.05, 0.1) is 0 Å². The smallest absolute Gasteiger partial charge is 0.127 e. The Balaban J connectivity index is 2.09.